The third-order valence-corrected chi connectivity index (χ3v) is 7.31. The molecule has 2 aliphatic rings. The molecule has 1 aliphatic heterocycles. The zero-order chi connectivity index (χ0) is 21.5. The third kappa shape index (κ3) is 5.50. The molecule has 0 unspecified atom stereocenters. The Bertz CT molecular complexity index is 735. The van der Waals surface area contributed by atoms with Crippen molar-refractivity contribution in [1.82, 2.24) is 10.2 Å². The summed E-state index contributed by atoms with van der Waals surface area (Å²) >= 11 is 0. The van der Waals surface area contributed by atoms with Gasteiger partial charge in [0.2, 0.25) is 0 Å². The second-order valence-electron chi connectivity index (χ2n) is 9.47. The Kier molecular flexibility index (Phi) is 8.08. The highest BCUT2D eigenvalue weighted by atomic mass is 19.1. The highest BCUT2D eigenvalue weighted by molar-refractivity contribution is 5.25. The first-order chi connectivity index (χ1) is 14.5. The van der Waals surface area contributed by atoms with Crippen molar-refractivity contribution >= 4 is 0 Å². The Hall–Kier alpha value is -1.70. The van der Waals surface area contributed by atoms with Crippen LogP contribution in [0.15, 0.2) is 35.9 Å². The van der Waals surface area contributed by atoms with Gasteiger partial charge in [0, 0.05) is 24.1 Å². The maximum absolute atomic E-state index is 13.4. The average molecular weight is 412 g/mol. The molecule has 164 valence electrons. The topological polar surface area (TPSA) is 39.1 Å². The van der Waals surface area contributed by atoms with Crippen LogP contribution in [0, 0.1) is 22.6 Å². The molecule has 3 nitrogen and oxygen atoms in total. The molecule has 1 N–H and O–H groups in total. The first-order valence-corrected chi connectivity index (χ1v) is 11.8. The fourth-order valence-electron chi connectivity index (χ4n) is 5.39. The molecule has 0 spiro atoms. The highest BCUT2D eigenvalue weighted by Crippen LogP contribution is 2.46. The van der Waals surface area contributed by atoms with Crippen molar-refractivity contribution in [3.05, 3.63) is 47.3 Å². The second kappa shape index (κ2) is 10.6. The van der Waals surface area contributed by atoms with E-state index in [9.17, 15) is 9.65 Å². The first kappa shape index (κ1) is 23.0. The quantitative estimate of drug-likeness (QED) is 0.401. The fourth-order valence-corrected chi connectivity index (χ4v) is 5.39. The number of nitriles is 1. The molecule has 3 rings (SSSR count). The molecule has 0 bridgehead atoms. The zero-order valence-electron chi connectivity index (χ0n) is 18.9. The van der Waals surface area contributed by atoms with Gasteiger partial charge in [0.15, 0.2) is 0 Å². The zero-order valence-corrected chi connectivity index (χ0v) is 18.9. The molecule has 1 heterocycles. The van der Waals surface area contributed by atoms with E-state index in [-0.39, 0.29) is 16.8 Å². The van der Waals surface area contributed by atoms with Gasteiger partial charge >= 0.3 is 0 Å². The lowest BCUT2D eigenvalue weighted by molar-refractivity contribution is -0.0287. The van der Waals surface area contributed by atoms with Gasteiger partial charge in [-0.1, -0.05) is 32.1 Å². The molecule has 1 saturated heterocycles. The van der Waals surface area contributed by atoms with Crippen LogP contribution < -0.4 is 5.32 Å². The number of nitrogens with zero attached hydrogens (tertiary/aromatic N) is 2. The highest BCUT2D eigenvalue weighted by Gasteiger charge is 2.46. The van der Waals surface area contributed by atoms with Crippen LogP contribution in [-0.4, -0.2) is 36.6 Å². The van der Waals surface area contributed by atoms with Crippen molar-refractivity contribution in [2.45, 2.75) is 77.2 Å². The SMILES string of the molecule is CC/C=C(/C#N)CC1(N2CCC(CNCCC)(Cc3ccc(F)cc3)CC2)CCC1. The van der Waals surface area contributed by atoms with E-state index in [0.29, 0.717) is 0 Å². The van der Waals surface area contributed by atoms with Gasteiger partial charge < -0.3 is 5.32 Å². The monoisotopic (exact) mass is 411 g/mol. The maximum Gasteiger partial charge on any atom is 0.123 e. The fraction of sp³-hybridized carbons (Fsp3) is 0.654. The maximum atomic E-state index is 13.4. The number of piperidine rings is 1. The van der Waals surface area contributed by atoms with Gasteiger partial charge in [0.05, 0.1) is 6.07 Å². The van der Waals surface area contributed by atoms with E-state index >= 15 is 0 Å². The van der Waals surface area contributed by atoms with Gasteiger partial charge in [0.25, 0.3) is 0 Å². The standard InChI is InChI=1S/C26H38FN3/c1-3-6-23(20-28)19-26(11-5-12-26)30-16-13-25(14-17-30,21-29-15-4-2)18-22-7-9-24(27)10-8-22/h6-10,29H,3-5,11-19,21H2,1-2H3/b23-6+. The van der Waals surface area contributed by atoms with E-state index < -0.39 is 0 Å². The molecule has 2 fully saturated rings. The summed E-state index contributed by atoms with van der Waals surface area (Å²) in [7, 11) is 0. The van der Waals surface area contributed by atoms with E-state index in [1.807, 2.05) is 12.1 Å². The minimum Gasteiger partial charge on any atom is -0.316 e. The summed E-state index contributed by atoms with van der Waals surface area (Å²) in [5.41, 5.74) is 2.63. The molecular formula is C26H38FN3. The molecule has 1 aliphatic carbocycles. The van der Waals surface area contributed by atoms with Gasteiger partial charge in [-0.3, -0.25) is 4.90 Å². The molecule has 30 heavy (non-hydrogen) atoms. The molecule has 1 aromatic carbocycles. The predicted octanol–water partition coefficient (Wildman–Crippen LogP) is 5.62. The Morgan fingerprint density at radius 2 is 1.87 bits per heavy atom. The van der Waals surface area contributed by atoms with E-state index in [0.717, 1.165) is 70.3 Å². The van der Waals surface area contributed by atoms with Crippen molar-refractivity contribution in [3.63, 3.8) is 0 Å². The van der Waals surface area contributed by atoms with Crippen LogP contribution in [0.25, 0.3) is 0 Å². The predicted molar refractivity (Wildman–Crippen MR) is 122 cm³/mol. The summed E-state index contributed by atoms with van der Waals surface area (Å²) < 4.78 is 13.4. The number of halogens is 1. The molecule has 4 heteroatoms. The van der Waals surface area contributed by atoms with Crippen molar-refractivity contribution in [3.8, 4) is 6.07 Å². The van der Waals surface area contributed by atoms with E-state index in [2.05, 4.69) is 36.2 Å². The second-order valence-corrected chi connectivity index (χ2v) is 9.47. The van der Waals surface area contributed by atoms with Crippen molar-refractivity contribution in [2.24, 2.45) is 5.41 Å². The number of likely N-dealkylation sites (tertiary alicyclic amines) is 1. The summed E-state index contributed by atoms with van der Waals surface area (Å²) in [6.07, 6.45) is 12.1. The lowest BCUT2D eigenvalue weighted by atomic mass is 9.67. The average Bonchev–Trinajstić information content (AvgIpc) is 2.73. The van der Waals surface area contributed by atoms with Crippen LogP contribution in [0.3, 0.4) is 0 Å². The van der Waals surface area contributed by atoms with Crippen LogP contribution in [0.1, 0.15) is 70.8 Å². The van der Waals surface area contributed by atoms with Crippen molar-refractivity contribution in [2.75, 3.05) is 26.2 Å². The van der Waals surface area contributed by atoms with E-state index in [1.165, 1.54) is 24.8 Å². The number of rotatable bonds is 10. The van der Waals surface area contributed by atoms with Crippen molar-refractivity contribution < 1.29 is 4.39 Å². The Balaban J connectivity index is 1.69. The van der Waals surface area contributed by atoms with E-state index in [4.69, 9.17) is 0 Å². The van der Waals surface area contributed by atoms with Crippen LogP contribution in [0.5, 0.6) is 0 Å². The van der Waals surface area contributed by atoms with Gasteiger partial charge in [-0.2, -0.15) is 5.26 Å². The number of allylic oxidation sites excluding steroid dienone is 1. The summed E-state index contributed by atoms with van der Waals surface area (Å²) in [6.45, 7) is 8.59. The lowest BCUT2D eigenvalue weighted by Crippen LogP contribution is -2.58. The Morgan fingerprint density at radius 1 is 1.17 bits per heavy atom. The van der Waals surface area contributed by atoms with Crippen LogP contribution in [0.4, 0.5) is 4.39 Å². The Labute approximate surface area is 182 Å². The van der Waals surface area contributed by atoms with Crippen molar-refractivity contribution in [1.29, 1.82) is 5.26 Å². The van der Waals surface area contributed by atoms with Gasteiger partial charge in [-0.05, 0) is 94.1 Å². The molecule has 1 aromatic rings. The summed E-state index contributed by atoms with van der Waals surface area (Å²) in [5, 5.41) is 13.2. The van der Waals surface area contributed by atoms with Gasteiger partial charge in [-0.15, -0.1) is 0 Å². The number of nitrogens with one attached hydrogen (secondary N) is 1. The summed E-state index contributed by atoms with van der Waals surface area (Å²) in [6, 6.07) is 9.52. The number of hydrogen-bond donors (Lipinski definition) is 1. The molecule has 1 saturated carbocycles. The molecule has 0 atom stereocenters. The minimum atomic E-state index is -0.160. The largest absolute Gasteiger partial charge is 0.316 e. The third-order valence-electron chi connectivity index (χ3n) is 7.31. The molecular weight excluding hydrogens is 373 g/mol. The normalized spacial score (nSPS) is 21.1. The number of hydrogen-bond acceptors (Lipinski definition) is 3. The lowest BCUT2D eigenvalue weighted by Gasteiger charge is -2.55. The first-order valence-electron chi connectivity index (χ1n) is 11.8. The Morgan fingerprint density at radius 3 is 2.40 bits per heavy atom. The van der Waals surface area contributed by atoms with Crippen LogP contribution in [0.2, 0.25) is 0 Å². The molecule has 0 radical (unpaired) electrons. The smallest absolute Gasteiger partial charge is 0.123 e. The molecule has 0 amide bonds. The number of benzene rings is 1. The summed E-state index contributed by atoms with van der Waals surface area (Å²) in [5.74, 6) is -0.160. The summed E-state index contributed by atoms with van der Waals surface area (Å²) in [4.78, 5) is 2.69. The van der Waals surface area contributed by atoms with E-state index in [1.54, 1.807) is 12.1 Å². The van der Waals surface area contributed by atoms with Gasteiger partial charge in [-0.25, -0.2) is 4.39 Å². The minimum absolute atomic E-state index is 0.160. The van der Waals surface area contributed by atoms with Crippen LogP contribution in [-0.2, 0) is 6.42 Å². The van der Waals surface area contributed by atoms with Crippen LogP contribution >= 0.6 is 0 Å². The van der Waals surface area contributed by atoms with Gasteiger partial charge in [0.1, 0.15) is 5.82 Å². The molecule has 0 aromatic heterocycles.